The number of aromatic amines is 1. The summed E-state index contributed by atoms with van der Waals surface area (Å²) in [6.45, 7) is 0. The van der Waals surface area contributed by atoms with Crippen LogP contribution in [0.15, 0.2) is 12.7 Å². The molecule has 7 heteroatoms. The number of ketones is 1. The van der Waals surface area contributed by atoms with Gasteiger partial charge in [-0.25, -0.2) is 14.6 Å². The molecule has 7 nitrogen and oxygen atoms in total. The Morgan fingerprint density at radius 2 is 2.31 bits per heavy atom. The van der Waals surface area contributed by atoms with E-state index in [9.17, 15) is 4.79 Å². The van der Waals surface area contributed by atoms with Crippen LogP contribution in [-0.4, -0.2) is 35.7 Å². The number of rotatable bonds is 2. The molecular formula is C6H6N6O. The van der Waals surface area contributed by atoms with Gasteiger partial charge >= 0.3 is 0 Å². The molecule has 0 aliphatic rings. The molecule has 0 aliphatic heterocycles. The molecule has 0 aromatic carbocycles. The molecule has 0 amide bonds. The van der Waals surface area contributed by atoms with Gasteiger partial charge < -0.3 is 0 Å². The van der Waals surface area contributed by atoms with E-state index in [-0.39, 0.29) is 17.4 Å². The van der Waals surface area contributed by atoms with E-state index in [4.69, 9.17) is 0 Å². The molecule has 0 unspecified atom stereocenters. The predicted molar refractivity (Wildman–Crippen MR) is 40.8 cm³/mol. The van der Waals surface area contributed by atoms with E-state index in [1.807, 2.05) is 0 Å². The van der Waals surface area contributed by atoms with Gasteiger partial charge in [0.1, 0.15) is 12.7 Å². The monoisotopic (exact) mass is 178 g/mol. The molecule has 2 heterocycles. The smallest absolute Gasteiger partial charge is 0.266 e. The number of aromatic nitrogens is 6. The lowest BCUT2D eigenvalue weighted by Gasteiger charge is -1.94. The number of H-pyrrole nitrogens is 1. The third kappa shape index (κ3) is 1.19. The topological polar surface area (TPSA) is 89.3 Å². The van der Waals surface area contributed by atoms with Crippen LogP contribution < -0.4 is 0 Å². The minimum atomic E-state index is -0.322. The second-order valence-corrected chi connectivity index (χ2v) is 2.37. The predicted octanol–water partition coefficient (Wildman–Crippen LogP) is -0.836. The zero-order valence-electron chi connectivity index (χ0n) is 6.80. The molecule has 2 aromatic heterocycles. The molecule has 66 valence electrons. The van der Waals surface area contributed by atoms with Crippen LogP contribution in [0.3, 0.4) is 0 Å². The Hall–Kier alpha value is -2.05. The van der Waals surface area contributed by atoms with E-state index >= 15 is 0 Å². The zero-order chi connectivity index (χ0) is 9.26. The third-order valence-corrected chi connectivity index (χ3v) is 1.54. The first-order chi connectivity index (χ1) is 6.29. The molecule has 0 bridgehead atoms. The Kier molecular flexibility index (Phi) is 1.62. The van der Waals surface area contributed by atoms with Crippen LogP contribution in [0.5, 0.6) is 0 Å². The molecular weight excluding hydrogens is 172 g/mol. The third-order valence-electron chi connectivity index (χ3n) is 1.54. The Morgan fingerprint density at radius 1 is 1.46 bits per heavy atom. The van der Waals surface area contributed by atoms with Crippen LogP contribution in [-0.2, 0) is 7.05 Å². The molecule has 0 saturated carbocycles. The molecule has 0 fully saturated rings. The maximum Gasteiger partial charge on any atom is 0.266 e. The number of aryl methyl sites for hydroxylation is 1. The summed E-state index contributed by atoms with van der Waals surface area (Å²) in [5.74, 6) is 0.0744. The van der Waals surface area contributed by atoms with Crippen LogP contribution in [0.2, 0.25) is 0 Å². The minimum absolute atomic E-state index is 0.163. The molecule has 0 spiro atoms. The fourth-order valence-electron chi connectivity index (χ4n) is 0.923. The van der Waals surface area contributed by atoms with Gasteiger partial charge in [0, 0.05) is 7.05 Å². The average molecular weight is 178 g/mol. The van der Waals surface area contributed by atoms with Crippen molar-refractivity contribution >= 4 is 5.78 Å². The van der Waals surface area contributed by atoms with Gasteiger partial charge in [-0.05, 0) is 0 Å². The van der Waals surface area contributed by atoms with Gasteiger partial charge in [0.05, 0.1) is 0 Å². The molecule has 2 rings (SSSR count). The van der Waals surface area contributed by atoms with Crippen molar-refractivity contribution in [2.45, 2.75) is 0 Å². The standard InChI is InChI=1S/C6H6N6O/c1-12-6(8-3-10-12)4(13)5-7-2-9-11-5/h2-3H,1H3,(H,7,9,11). The quantitative estimate of drug-likeness (QED) is 0.606. The number of carbonyl (C=O) groups is 1. The summed E-state index contributed by atoms with van der Waals surface area (Å²) in [7, 11) is 1.64. The van der Waals surface area contributed by atoms with Crippen LogP contribution in [0.1, 0.15) is 16.4 Å². The fourth-order valence-corrected chi connectivity index (χ4v) is 0.923. The summed E-state index contributed by atoms with van der Waals surface area (Å²) < 4.78 is 1.38. The van der Waals surface area contributed by atoms with Gasteiger partial charge in [0.15, 0.2) is 5.82 Å². The van der Waals surface area contributed by atoms with E-state index < -0.39 is 0 Å². The van der Waals surface area contributed by atoms with Crippen molar-refractivity contribution in [2.24, 2.45) is 7.05 Å². The molecule has 0 atom stereocenters. The fraction of sp³-hybridized carbons (Fsp3) is 0.167. The van der Waals surface area contributed by atoms with Crippen LogP contribution in [0.4, 0.5) is 0 Å². The highest BCUT2D eigenvalue weighted by atomic mass is 16.1. The van der Waals surface area contributed by atoms with Crippen molar-refractivity contribution in [2.75, 3.05) is 0 Å². The van der Waals surface area contributed by atoms with Crippen LogP contribution in [0, 0.1) is 0 Å². The number of hydrogen-bond donors (Lipinski definition) is 1. The SMILES string of the molecule is Cn1ncnc1C(=O)c1ncn[nH]1. The van der Waals surface area contributed by atoms with Gasteiger partial charge in [-0.3, -0.25) is 9.89 Å². The van der Waals surface area contributed by atoms with Crippen molar-refractivity contribution in [1.29, 1.82) is 0 Å². The first-order valence-electron chi connectivity index (χ1n) is 3.53. The first kappa shape index (κ1) is 7.59. The molecule has 13 heavy (non-hydrogen) atoms. The largest absolute Gasteiger partial charge is 0.281 e. The van der Waals surface area contributed by atoms with E-state index in [0.717, 1.165) is 0 Å². The molecule has 0 saturated heterocycles. The lowest BCUT2D eigenvalue weighted by atomic mass is 10.3. The highest BCUT2D eigenvalue weighted by Crippen LogP contribution is 1.98. The minimum Gasteiger partial charge on any atom is -0.281 e. The summed E-state index contributed by atoms with van der Waals surface area (Å²) in [5.41, 5.74) is 0. The Labute approximate surface area is 72.8 Å². The van der Waals surface area contributed by atoms with Gasteiger partial charge in [-0.1, -0.05) is 0 Å². The average Bonchev–Trinajstić information content (AvgIpc) is 2.72. The summed E-state index contributed by atoms with van der Waals surface area (Å²) in [6.07, 6.45) is 2.58. The molecule has 1 N–H and O–H groups in total. The summed E-state index contributed by atoms with van der Waals surface area (Å²) in [5, 5.41) is 9.80. The van der Waals surface area contributed by atoms with Crippen molar-refractivity contribution in [3.8, 4) is 0 Å². The number of nitrogens with one attached hydrogen (secondary N) is 1. The Bertz CT molecular complexity index is 416. The number of nitrogens with zero attached hydrogens (tertiary/aromatic N) is 5. The highest BCUT2D eigenvalue weighted by Gasteiger charge is 2.16. The maximum atomic E-state index is 11.5. The number of hydrogen-bond acceptors (Lipinski definition) is 5. The van der Waals surface area contributed by atoms with E-state index in [1.165, 1.54) is 17.3 Å². The Morgan fingerprint density at radius 3 is 2.85 bits per heavy atom. The van der Waals surface area contributed by atoms with Crippen molar-refractivity contribution in [1.82, 2.24) is 29.9 Å². The van der Waals surface area contributed by atoms with Crippen molar-refractivity contribution < 1.29 is 4.79 Å². The second kappa shape index (κ2) is 2.77. The summed E-state index contributed by atoms with van der Waals surface area (Å²) in [6, 6.07) is 0. The molecule has 2 aromatic rings. The van der Waals surface area contributed by atoms with Gasteiger partial charge in [0.2, 0.25) is 5.82 Å². The van der Waals surface area contributed by atoms with E-state index in [0.29, 0.717) is 0 Å². The summed E-state index contributed by atoms with van der Waals surface area (Å²) >= 11 is 0. The molecule has 0 aliphatic carbocycles. The summed E-state index contributed by atoms with van der Waals surface area (Å²) in [4.78, 5) is 19.0. The second-order valence-electron chi connectivity index (χ2n) is 2.37. The highest BCUT2D eigenvalue weighted by molar-refractivity contribution is 6.03. The lowest BCUT2D eigenvalue weighted by molar-refractivity contribution is 0.101. The number of carbonyl (C=O) groups excluding carboxylic acids is 1. The van der Waals surface area contributed by atoms with Gasteiger partial charge in [0.25, 0.3) is 5.78 Å². The Balaban J connectivity index is 2.39. The van der Waals surface area contributed by atoms with Crippen molar-refractivity contribution in [3.63, 3.8) is 0 Å². The van der Waals surface area contributed by atoms with Gasteiger partial charge in [-0.15, -0.1) is 0 Å². The normalized spacial score (nSPS) is 10.2. The van der Waals surface area contributed by atoms with E-state index in [2.05, 4.69) is 25.3 Å². The van der Waals surface area contributed by atoms with Crippen LogP contribution in [0.25, 0.3) is 0 Å². The van der Waals surface area contributed by atoms with Crippen LogP contribution >= 0.6 is 0 Å². The van der Waals surface area contributed by atoms with E-state index in [1.54, 1.807) is 7.05 Å². The molecule has 0 radical (unpaired) electrons. The first-order valence-corrected chi connectivity index (χ1v) is 3.53. The van der Waals surface area contributed by atoms with Gasteiger partial charge in [-0.2, -0.15) is 10.2 Å². The lowest BCUT2D eigenvalue weighted by Crippen LogP contribution is -2.11. The van der Waals surface area contributed by atoms with Crippen molar-refractivity contribution in [3.05, 3.63) is 24.3 Å². The maximum absolute atomic E-state index is 11.5. The zero-order valence-corrected chi connectivity index (χ0v) is 6.80.